The quantitative estimate of drug-likeness (QED) is 0.565. The lowest BCUT2D eigenvalue weighted by atomic mass is 10.2. The molecular formula is C10H12F5N2+. The first kappa shape index (κ1) is 13.7. The lowest BCUT2D eigenvalue weighted by Crippen LogP contribution is -2.38. The molecule has 0 saturated heterocycles. The number of rotatable bonds is 5. The van der Waals surface area contributed by atoms with Crippen LogP contribution >= 0.6 is 0 Å². The van der Waals surface area contributed by atoms with Crippen LogP contribution in [0.2, 0.25) is 0 Å². The minimum atomic E-state index is -5.47. The second-order valence-electron chi connectivity index (χ2n) is 3.59. The molecule has 1 aromatic heterocycles. The molecule has 0 aromatic carbocycles. The van der Waals surface area contributed by atoms with Gasteiger partial charge in [0, 0.05) is 6.42 Å². The van der Waals surface area contributed by atoms with Crippen LogP contribution in [0, 0.1) is 0 Å². The van der Waals surface area contributed by atoms with Crippen molar-refractivity contribution in [3.63, 3.8) is 0 Å². The Kier molecular flexibility index (Phi) is 3.90. The number of aromatic nitrogens is 2. The van der Waals surface area contributed by atoms with Crippen LogP contribution in [-0.2, 0) is 6.54 Å². The maximum absolute atomic E-state index is 12.5. The van der Waals surface area contributed by atoms with Crippen LogP contribution < -0.4 is 4.57 Å². The lowest BCUT2D eigenvalue weighted by Gasteiger charge is -2.18. The predicted molar refractivity (Wildman–Crippen MR) is 51.3 cm³/mol. The van der Waals surface area contributed by atoms with Gasteiger partial charge in [-0.2, -0.15) is 22.0 Å². The number of aryl methyl sites for hydroxylation is 1. The Hall–Kier alpha value is -1.40. The minimum absolute atomic E-state index is 0.104. The maximum atomic E-state index is 12.5. The first-order chi connectivity index (χ1) is 7.76. The average molecular weight is 255 g/mol. The molecule has 0 atom stereocenters. The van der Waals surface area contributed by atoms with Crippen LogP contribution in [0.1, 0.15) is 12.8 Å². The fraction of sp³-hybridized carbons (Fsp3) is 0.500. The Bertz CT molecular complexity index is 380. The van der Waals surface area contributed by atoms with E-state index in [1.165, 1.54) is 10.8 Å². The van der Waals surface area contributed by atoms with E-state index in [2.05, 4.69) is 6.58 Å². The molecule has 17 heavy (non-hydrogen) atoms. The third-order valence-corrected chi connectivity index (χ3v) is 2.24. The molecule has 7 heteroatoms. The zero-order valence-electron chi connectivity index (χ0n) is 8.92. The van der Waals surface area contributed by atoms with Crippen molar-refractivity contribution in [3.05, 3.63) is 25.3 Å². The van der Waals surface area contributed by atoms with Gasteiger partial charge >= 0.3 is 12.1 Å². The summed E-state index contributed by atoms with van der Waals surface area (Å²) in [7, 11) is 0. The van der Waals surface area contributed by atoms with Gasteiger partial charge in [0.15, 0.2) is 0 Å². The fourth-order valence-corrected chi connectivity index (χ4v) is 1.28. The highest BCUT2D eigenvalue weighted by molar-refractivity contribution is 5.12. The van der Waals surface area contributed by atoms with E-state index in [0.717, 1.165) is 0 Å². The van der Waals surface area contributed by atoms with Crippen molar-refractivity contribution in [2.24, 2.45) is 0 Å². The monoisotopic (exact) mass is 255 g/mol. The molecule has 0 fully saturated rings. The maximum Gasteiger partial charge on any atom is 0.453 e. The van der Waals surface area contributed by atoms with Crippen molar-refractivity contribution in [2.45, 2.75) is 31.5 Å². The molecule has 0 saturated carbocycles. The van der Waals surface area contributed by atoms with Crippen LogP contribution in [0.4, 0.5) is 22.0 Å². The molecule has 0 amide bonds. The fourth-order valence-electron chi connectivity index (χ4n) is 1.28. The summed E-state index contributed by atoms with van der Waals surface area (Å²) < 4.78 is 63.7. The van der Waals surface area contributed by atoms with Crippen LogP contribution in [0.25, 0.3) is 6.20 Å². The molecule has 0 N–H and O–H groups in total. The molecule has 0 aliphatic carbocycles. The summed E-state index contributed by atoms with van der Waals surface area (Å²) >= 11 is 0. The van der Waals surface area contributed by atoms with E-state index in [1.54, 1.807) is 23.3 Å². The van der Waals surface area contributed by atoms with Crippen LogP contribution in [0.15, 0.2) is 25.3 Å². The van der Waals surface area contributed by atoms with Gasteiger partial charge in [-0.25, -0.2) is 9.13 Å². The Balaban J connectivity index is 2.45. The molecule has 0 spiro atoms. The first-order valence-corrected chi connectivity index (χ1v) is 4.90. The second kappa shape index (κ2) is 4.85. The molecule has 2 nitrogen and oxygen atoms in total. The molecule has 0 radical (unpaired) electrons. The summed E-state index contributed by atoms with van der Waals surface area (Å²) in [5.74, 6) is -4.62. The van der Waals surface area contributed by atoms with Gasteiger partial charge in [-0.3, -0.25) is 0 Å². The molecule has 0 aliphatic rings. The zero-order chi connectivity index (χ0) is 13.1. The molecule has 1 aromatic rings. The summed E-state index contributed by atoms with van der Waals surface area (Å²) in [6, 6.07) is 0. The largest absolute Gasteiger partial charge is 0.453 e. The van der Waals surface area contributed by atoms with Gasteiger partial charge in [-0.15, -0.1) is 0 Å². The van der Waals surface area contributed by atoms with Gasteiger partial charge < -0.3 is 0 Å². The highest BCUT2D eigenvalue weighted by Crippen LogP contribution is 2.38. The molecule has 0 bridgehead atoms. The van der Waals surface area contributed by atoms with Crippen molar-refractivity contribution in [1.29, 1.82) is 0 Å². The summed E-state index contributed by atoms with van der Waals surface area (Å²) in [4.78, 5) is 0. The number of imidazole rings is 1. The Morgan fingerprint density at radius 2 is 1.88 bits per heavy atom. The van der Waals surface area contributed by atoms with Gasteiger partial charge in [-0.1, -0.05) is 6.58 Å². The normalized spacial score (nSPS) is 12.8. The number of alkyl halides is 5. The van der Waals surface area contributed by atoms with Gasteiger partial charge in [0.1, 0.15) is 12.4 Å². The molecule has 0 unspecified atom stereocenters. The standard InChI is InChI=1S/C10H12F5N2/c1-2-16-6-7-17(8-16)5-3-4-9(11,12)10(13,14)15/h2,6-8H,1,3-5H2/q+1. The Morgan fingerprint density at radius 3 is 2.35 bits per heavy atom. The Morgan fingerprint density at radius 1 is 1.24 bits per heavy atom. The highest BCUT2D eigenvalue weighted by atomic mass is 19.4. The van der Waals surface area contributed by atoms with Crippen molar-refractivity contribution in [3.8, 4) is 0 Å². The topological polar surface area (TPSA) is 8.81 Å². The van der Waals surface area contributed by atoms with Crippen LogP contribution in [0.5, 0.6) is 0 Å². The third-order valence-electron chi connectivity index (χ3n) is 2.24. The number of halogens is 5. The predicted octanol–water partition coefficient (Wildman–Crippen LogP) is 2.85. The van der Waals surface area contributed by atoms with Crippen LogP contribution in [-0.4, -0.2) is 16.7 Å². The molecule has 1 heterocycles. The molecular weight excluding hydrogens is 243 g/mol. The Labute approximate surface area is 95.0 Å². The smallest absolute Gasteiger partial charge is 0.236 e. The molecule has 96 valence electrons. The highest BCUT2D eigenvalue weighted by Gasteiger charge is 2.56. The minimum Gasteiger partial charge on any atom is -0.236 e. The van der Waals surface area contributed by atoms with Crippen molar-refractivity contribution >= 4 is 6.20 Å². The zero-order valence-corrected chi connectivity index (χ0v) is 8.92. The first-order valence-electron chi connectivity index (χ1n) is 4.90. The summed E-state index contributed by atoms with van der Waals surface area (Å²) in [6.07, 6.45) is -0.687. The van der Waals surface area contributed by atoms with Crippen molar-refractivity contribution in [1.82, 2.24) is 4.57 Å². The molecule has 0 aliphatic heterocycles. The van der Waals surface area contributed by atoms with E-state index >= 15 is 0 Å². The number of nitrogens with zero attached hydrogens (tertiary/aromatic N) is 2. The summed E-state index contributed by atoms with van der Waals surface area (Å²) in [5, 5.41) is 0. The number of hydrogen-bond donors (Lipinski definition) is 0. The summed E-state index contributed by atoms with van der Waals surface area (Å²) in [6.45, 7) is 3.58. The van der Waals surface area contributed by atoms with Crippen molar-refractivity contribution < 1.29 is 26.5 Å². The second-order valence-corrected chi connectivity index (χ2v) is 3.59. The van der Waals surface area contributed by atoms with E-state index in [9.17, 15) is 22.0 Å². The lowest BCUT2D eigenvalue weighted by molar-refractivity contribution is -0.696. The van der Waals surface area contributed by atoms with E-state index < -0.39 is 18.5 Å². The SMILES string of the molecule is C=Cn1cc[n+](CCCC(F)(F)C(F)(F)F)c1. The van der Waals surface area contributed by atoms with Crippen molar-refractivity contribution in [2.75, 3.05) is 0 Å². The van der Waals surface area contributed by atoms with Gasteiger partial charge in [0.25, 0.3) is 0 Å². The molecule has 1 rings (SSSR count). The van der Waals surface area contributed by atoms with E-state index in [1.807, 2.05) is 0 Å². The van der Waals surface area contributed by atoms with Gasteiger partial charge in [-0.05, 0) is 6.42 Å². The number of hydrogen-bond acceptors (Lipinski definition) is 0. The summed E-state index contributed by atoms with van der Waals surface area (Å²) in [5.41, 5.74) is 0. The van der Waals surface area contributed by atoms with E-state index in [4.69, 9.17) is 0 Å². The van der Waals surface area contributed by atoms with E-state index in [0.29, 0.717) is 0 Å². The third kappa shape index (κ3) is 3.54. The van der Waals surface area contributed by atoms with Gasteiger partial charge in [0.2, 0.25) is 6.33 Å². The van der Waals surface area contributed by atoms with E-state index in [-0.39, 0.29) is 13.0 Å². The van der Waals surface area contributed by atoms with Crippen LogP contribution in [0.3, 0.4) is 0 Å². The average Bonchev–Trinajstić information content (AvgIpc) is 2.63. The van der Waals surface area contributed by atoms with Gasteiger partial charge in [0.05, 0.1) is 12.7 Å².